The monoisotopic (exact) mass is 447 g/mol. The van der Waals surface area contributed by atoms with Crippen LogP contribution >= 0.6 is 0 Å². The van der Waals surface area contributed by atoms with Gasteiger partial charge in [0.05, 0.1) is 12.2 Å². The van der Waals surface area contributed by atoms with Gasteiger partial charge >= 0.3 is 0 Å². The zero-order chi connectivity index (χ0) is 23.0. The smallest absolute Gasteiger partial charge is 0.224 e. The number of anilines is 2. The van der Waals surface area contributed by atoms with Gasteiger partial charge < -0.3 is 25.8 Å². The number of aromatic nitrogens is 2. The Labute approximate surface area is 193 Å². The molecule has 172 valence electrons. The summed E-state index contributed by atoms with van der Waals surface area (Å²) in [6.07, 6.45) is 3.48. The van der Waals surface area contributed by atoms with Gasteiger partial charge in [0.2, 0.25) is 5.91 Å². The standard InChI is InChI=1S/C25H29N5O3/c26-24-23(19-6-8-21(9-7-19)33-20-4-2-1-3-5-20)25(29-17-28-24)27-16-18-10-13-30(14-11-18)22(32)12-15-31/h1-9,17-18,31H,10-16H2,(H3,26,27,28,29). The lowest BCUT2D eigenvalue weighted by atomic mass is 9.96. The Morgan fingerprint density at radius 1 is 1.06 bits per heavy atom. The van der Waals surface area contributed by atoms with Crippen LogP contribution in [-0.2, 0) is 4.79 Å². The van der Waals surface area contributed by atoms with E-state index in [2.05, 4.69) is 15.3 Å². The van der Waals surface area contributed by atoms with Crippen molar-refractivity contribution in [2.24, 2.45) is 5.92 Å². The number of para-hydroxylation sites is 1. The molecule has 2 heterocycles. The summed E-state index contributed by atoms with van der Waals surface area (Å²) in [5.74, 6) is 3.06. The van der Waals surface area contributed by atoms with E-state index in [9.17, 15) is 4.79 Å². The third-order valence-electron chi connectivity index (χ3n) is 5.85. The number of rotatable bonds is 8. The molecule has 0 atom stereocenters. The fraction of sp³-hybridized carbons (Fsp3) is 0.320. The molecule has 0 bridgehead atoms. The van der Waals surface area contributed by atoms with Crippen molar-refractivity contribution in [2.75, 3.05) is 37.3 Å². The predicted octanol–water partition coefficient (Wildman–Crippen LogP) is 3.55. The molecule has 0 spiro atoms. The SMILES string of the molecule is Nc1ncnc(NCC2CCN(C(=O)CCO)CC2)c1-c1ccc(Oc2ccccc2)cc1. The summed E-state index contributed by atoms with van der Waals surface area (Å²) in [5.41, 5.74) is 7.88. The molecule has 33 heavy (non-hydrogen) atoms. The summed E-state index contributed by atoms with van der Waals surface area (Å²) in [7, 11) is 0. The van der Waals surface area contributed by atoms with Crippen molar-refractivity contribution in [3.63, 3.8) is 0 Å². The number of carbonyl (C=O) groups excluding carboxylic acids is 1. The average Bonchev–Trinajstić information content (AvgIpc) is 2.84. The Kier molecular flexibility index (Phi) is 7.36. The topological polar surface area (TPSA) is 114 Å². The van der Waals surface area contributed by atoms with Crippen molar-refractivity contribution in [1.29, 1.82) is 0 Å². The lowest BCUT2D eigenvalue weighted by Crippen LogP contribution is -2.40. The fourth-order valence-electron chi connectivity index (χ4n) is 4.01. The molecule has 1 fully saturated rings. The largest absolute Gasteiger partial charge is 0.457 e. The molecule has 0 unspecified atom stereocenters. The Hall–Kier alpha value is -3.65. The number of piperidine rings is 1. The van der Waals surface area contributed by atoms with E-state index in [1.807, 2.05) is 59.5 Å². The minimum absolute atomic E-state index is 0.0226. The van der Waals surface area contributed by atoms with Gasteiger partial charge in [0.25, 0.3) is 0 Å². The zero-order valence-electron chi connectivity index (χ0n) is 18.5. The maximum Gasteiger partial charge on any atom is 0.224 e. The molecule has 0 aliphatic carbocycles. The van der Waals surface area contributed by atoms with E-state index in [0.29, 0.717) is 30.6 Å². The number of aliphatic hydroxyl groups excluding tert-OH is 1. The van der Waals surface area contributed by atoms with Crippen LogP contribution in [0.25, 0.3) is 11.1 Å². The fourth-order valence-corrected chi connectivity index (χ4v) is 4.01. The summed E-state index contributed by atoms with van der Waals surface area (Å²) in [6.45, 7) is 2.07. The zero-order valence-corrected chi connectivity index (χ0v) is 18.5. The Bertz CT molecular complexity index is 1050. The lowest BCUT2D eigenvalue weighted by Gasteiger charge is -2.32. The molecule has 1 saturated heterocycles. The van der Waals surface area contributed by atoms with Crippen molar-refractivity contribution < 1.29 is 14.6 Å². The maximum atomic E-state index is 12.0. The summed E-state index contributed by atoms with van der Waals surface area (Å²) in [6, 6.07) is 17.3. The second kappa shape index (κ2) is 10.8. The molecule has 4 N–H and O–H groups in total. The highest BCUT2D eigenvalue weighted by atomic mass is 16.5. The summed E-state index contributed by atoms with van der Waals surface area (Å²) >= 11 is 0. The number of amides is 1. The van der Waals surface area contributed by atoms with Crippen LogP contribution in [0.15, 0.2) is 60.9 Å². The Balaban J connectivity index is 1.40. The van der Waals surface area contributed by atoms with Crippen LogP contribution in [0.2, 0.25) is 0 Å². The molecule has 3 aromatic rings. The van der Waals surface area contributed by atoms with Gasteiger partial charge in [-0.3, -0.25) is 4.79 Å². The minimum Gasteiger partial charge on any atom is -0.457 e. The van der Waals surface area contributed by atoms with Gasteiger partial charge in [-0.1, -0.05) is 30.3 Å². The molecule has 2 aromatic carbocycles. The highest BCUT2D eigenvalue weighted by Crippen LogP contribution is 2.33. The van der Waals surface area contributed by atoms with Crippen molar-refractivity contribution in [3.8, 4) is 22.6 Å². The van der Waals surface area contributed by atoms with Crippen LogP contribution in [0.4, 0.5) is 11.6 Å². The number of hydrogen-bond donors (Lipinski definition) is 3. The van der Waals surface area contributed by atoms with Crippen LogP contribution in [0.5, 0.6) is 11.5 Å². The number of aliphatic hydroxyl groups is 1. The van der Waals surface area contributed by atoms with Gasteiger partial charge in [0.15, 0.2) is 0 Å². The van der Waals surface area contributed by atoms with Crippen molar-refractivity contribution in [2.45, 2.75) is 19.3 Å². The maximum absolute atomic E-state index is 12.0. The molecule has 1 amide bonds. The molecule has 1 aliphatic rings. The van der Waals surface area contributed by atoms with Crippen LogP contribution in [0.1, 0.15) is 19.3 Å². The number of nitrogens with one attached hydrogen (secondary N) is 1. The highest BCUT2D eigenvalue weighted by molar-refractivity contribution is 5.83. The molecule has 1 aliphatic heterocycles. The Morgan fingerprint density at radius 3 is 2.45 bits per heavy atom. The van der Waals surface area contributed by atoms with Gasteiger partial charge in [-0.15, -0.1) is 0 Å². The quantitative estimate of drug-likeness (QED) is 0.484. The van der Waals surface area contributed by atoms with Crippen LogP contribution in [0.3, 0.4) is 0 Å². The van der Waals surface area contributed by atoms with Crippen LogP contribution < -0.4 is 15.8 Å². The van der Waals surface area contributed by atoms with E-state index in [1.54, 1.807) is 0 Å². The van der Waals surface area contributed by atoms with Crippen LogP contribution in [-0.4, -0.2) is 52.1 Å². The second-order valence-corrected chi connectivity index (χ2v) is 8.10. The number of nitrogen functional groups attached to an aromatic ring is 1. The number of nitrogens with two attached hydrogens (primary N) is 1. The summed E-state index contributed by atoms with van der Waals surface area (Å²) in [4.78, 5) is 22.4. The van der Waals surface area contributed by atoms with E-state index in [4.69, 9.17) is 15.6 Å². The van der Waals surface area contributed by atoms with Gasteiger partial charge in [0.1, 0.15) is 29.5 Å². The first-order valence-electron chi connectivity index (χ1n) is 11.2. The van der Waals surface area contributed by atoms with E-state index < -0.39 is 0 Å². The van der Waals surface area contributed by atoms with Gasteiger partial charge in [0, 0.05) is 26.1 Å². The highest BCUT2D eigenvalue weighted by Gasteiger charge is 2.23. The molecule has 0 radical (unpaired) electrons. The first-order valence-corrected chi connectivity index (χ1v) is 11.2. The van der Waals surface area contributed by atoms with Gasteiger partial charge in [-0.05, 0) is 48.6 Å². The molecule has 8 heteroatoms. The molecular formula is C25H29N5O3. The average molecular weight is 448 g/mol. The van der Waals surface area contributed by atoms with Gasteiger partial charge in [-0.2, -0.15) is 0 Å². The first-order chi connectivity index (χ1) is 16.1. The normalized spacial score (nSPS) is 14.2. The third-order valence-corrected chi connectivity index (χ3v) is 5.85. The number of benzene rings is 2. The number of nitrogens with zero attached hydrogens (tertiary/aromatic N) is 3. The number of hydrogen-bond acceptors (Lipinski definition) is 7. The number of carbonyl (C=O) groups is 1. The predicted molar refractivity (Wildman–Crippen MR) is 128 cm³/mol. The van der Waals surface area contributed by atoms with Crippen LogP contribution in [0, 0.1) is 5.92 Å². The van der Waals surface area contributed by atoms with E-state index >= 15 is 0 Å². The van der Waals surface area contributed by atoms with E-state index in [0.717, 1.165) is 42.0 Å². The minimum atomic E-state index is -0.0996. The van der Waals surface area contributed by atoms with E-state index in [-0.39, 0.29) is 18.9 Å². The number of likely N-dealkylation sites (tertiary alicyclic amines) is 1. The van der Waals surface area contributed by atoms with Crippen molar-refractivity contribution >= 4 is 17.5 Å². The van der Waals surface area contributed by atoms with Gasteiger partial charge in [-0.25, -0.2) is 9.97 Å². The number of ether oxygens (including phenoxy) is 1. The lowest BCUT2D eigenvalue weighted by molar-refractivity contribution is -0.133. The molecule has 8 nitrogen and oxygen atoms in total. The Morgan fingerprint density at radius 2 is 1.76 bits per heavy atom. The first kappa shape index (κ1) is 22.5. The summed E-state index contributed by atoms with van der Waals surface area (Å²) < 4.78 is 5.88. The molecular weight excluding hydrogens is 418 g/mol. The van der Waals surface area contributed by atoms with Crippen molar-refractivity contribution in [1.82, 2.24) is 14.9 Å². The second-order valence-electron chi connectivity index (χ2n) is 8.10. The third kappa shape index (κ3) is 5.78. The van der Waals surface area contributed by atoms with Crippen molar-refractivity contribution in [3.05, 3.63) is 60.9 Å². The molecule has 1 aromatic heterocycles. The molecule has 0 saturated carbocycles. The molecule has 4 rings (SSSR count). The van der Waals surface area contributed by atoms with E-state index in [1.165, 1.54) is 6.33 Å². The summed E-state index contributed by atoms with van der Waals surface area (Å²) in [5, 5.41) is 12.4.